The minimum absolute atomic E-state index is 0.0292. The van der Waals surface area contributed by atoms with Gasteiger partial charge < -0.3 is 9.31 Å². The van der Waals surface area contributed by atoms with Gasteiger partial charge in [-0.1, -0.05) is 97.1 Å². The first-order valence-electron chi connectivity index (χ1n) is 11.2. The molecule has 1 heterocycles. The Kier molecular flexibility index (Phi) is 5.46. The maximum atomic E-state index is 6.28. The van der Waals surface area contributed by atoms with Crippen molar-refractivity contribution >= 4 is 12.6 Å². The summed E-state index contributed by atoms with van der Waals surface area (Å²) in [5.41, 5.74) is 7.85. The van der Waals surface area contributed by atoms with Crippen LogP contribution >= 0.6 is 0 Å². The van der Waals surface area contributed by atoms with Crippen LogP contribution in [0.4, 0.5) is 0 Å². The van der Waals surface area contributed by atoms with E-state index in [1.165, 1.54) is 22.3 Å². The molecule has 0 radical (unpaired) electrons. The summed E-state index contributed by atoms with van der Waals surface area (Å²) in [6, 6.07) is 36.3. The van der Waals surface area contributed by atoms with E-state index in [0.29, 0.717) is 0 Å². The molecule has 1 unspecified atom stereocenters. The van der Waals surface area contributed by atoms with Crippen molar-refractivity contribution in [1.82, 2.24) is 0 Å². The molecule has 3 heteroatoms. The van der Waals surface area contributed by atoms with E-state index in [9.17, 15) is 0 Å². The fourth-order valence-electron chi connectivity index (χ4n) is 4.13. The van der Waals surface area contributed by atoms with E-state index in [-0.39, 0.29) is 18.8 Å². The molecule has 158 valence electrons. The Hall–Kier alpha value is -3.14. The summed E-state index contributed by atoms with van der Waals surface area (Å²) in [5, 5.41) is 0. The van der Waals surface area contributed by atoms with Crippen LogP contribution in [0.15, 0.2) is 103 Å². The molecule has 1 aliphatic rings. The van der Waals surface area contributed by atoms with Crippen LogP contribution in [0.3, 0.4) is 0 Å². The second kappa shape index (κ2) is 8.42. The minimum atomic E-state index is -0.369. The Morgan fingerprint density at radius 2 is 1.03 bits per heavy atom. The van der Waals surface area contributed by atoms with E-state index in [0.717, 1.165) is 16.6 Å². The van der Waals surface area contributed by atoms with Gasteiger partial charge in [0.05, 0.1) is 11.7 Å². The molecule has 1 atom stereocenters. The standard InChI is InChI=1S/C29H27BO2/c1-21-29(2,3)32-30(31-21)28-19-26(23-12-8-5-9-13-23)18-27(20-28)25-16-14-24(15-17-25)22-10-6-4-7-11-22/h4-21H,1-3H3. The van der Waals surface area contributed by atoms with Gasteiger partial charge in [0.2, 0.25) is 0 Å². The monoisotopic (exact) mass is 418 g/mol. The first-order valence-corrected chi connectivity index (χ1v) is 11.2. The van der Waals surface area contributed by atoms with E-state index >= 15 is 0 Å². The molecule has 4 aromatic rings. The molecule has 32 heavy (non-hydrogen) atoms. The van der Waals surface area contributed by atoms with Crippen molar-refractivity contribution in [3.63, 3.8) is 0 Å². The Bertz CT molecular complexity index is 1200. The SMILES string of the molecule is CC1OB(c2cc(-c3ccccc3)cc(-c3ccc(-c4ccccc4)cc3)c2)OC1(C)C. The Labute approximate surface area is 191 Å². The molecule has 5 rings (SSSR count). The van der Waals surface area contributed by atoms with Crippen LogP contribution in [-0.2, 0) is 9.31 Å². The van der Waals surface area contributed by atoms with Crippen molar-refractivity contribution in [2.75, 3.05) is 0 Å². The molecular formula is C29H27BO2. The van der Waals surface area contributed by atoms with Crippen molar-refractivity contribution in [1.29, 1.82) is 0 Å². The summed E-state index contributed by atoms with van der Waals surface area (Å²) in [7, 11) is -0.369. The highest BCUT2D eigenvalue weighted by Gasteiger charge is 2.44. The normalized spacial score (nSPS) is 17.5. The second-order valence-electron chi connectivity index (χ2n) is 8.98. The summed E-state index contributed by atoms with van der Waals surface area (Å²) in [6.45, 7) is 6.24. The predicted octanol–water partition coefficient (Wildman–Crippen LogP) is 6.60. The lowest BCUT2D eigenvalue weighted by Gasteiger charge is -2.21. The molecule has 0 N–H and O–H groups in total. The van der Waals surface area contributed by atoms with Crippen LogP contribution in [0.1, 0.15) is 20.8 Å². The van der Waals surface area contributed by atoms with E-state index in [1.807, 2.05) is 12.1 Å². The zero-order chi connectivity index (χ0) is 22.1. The fourth-order valence-corrected chi connectivity index (χ4v) is 4.13. The molecule has 1 saturated heterocycles. The molecule has 2 nitrogen and oxygen atoms in total. The summed E-state index contributed by atoms with van der Waals surface area (Å²) in [6.07, 6.45) is 0.0292. The van der Waals surface area contributed by atoms with E-state index in [4.69, 9.17) is 9.31 Å². The molecule has 0 bridgehead atoms. The van der Waals surface area contributed by atoms with Crippen molar-refractivity contribution in [3.8, 4) is 33.4 Å². The predicted molar refractivity (Wildman–Crippen MR) is 134 cm³/mol. The second-order valence-corrected chi connectivity index (χ2v) is 8.98. The van der Waals surface area contributed by atoms with Gasteiger partial charge in [-0.2, -0.15) is 0 Å². The van der Waals surface area contributed by atoms with Gasteiger partial charge in [-0.15, -0.1) is 0 Å². The van der Waals surface area contributed by atoms with E-state index in [1.54, 1.807) is 0 Å². The summed E-state index contributed by atoms with van der Waals surface area (Å²) in [4.78, 5) is 0. The Morgan fingerprint density at radius 3 is 1.50 bits per heavy atom. The average molecular weight is 418 g/mol. The van der Waals surface area contributed by atoms with Crippen LogP contribution in [0.5, 0.6) is 0 Å². The molecule has 4 aromatic carbocycles. The number of rotatable bonds is 4. The van der Waals surface area contributed by atoms with Crippen LogP contribution < -0.4 is 5.46 Å². The maximum absolute atomic E-state index is 6.28. The first-order chi connectivity index (χ1) is 15.5. The highest BCUT2D eigenvalue weighted by Crippen LogP contribution is 2.31. The summed E-state index contributed by atoms with van der Waals surface area (Å²) >= 11 is 0. The van der Waals surface area contributed by atoms with Crippen LogP contribution in [0.2, 0.25) is 0 Å². The van der Waals surface area contributed by atoms with Gasteiger partial charge in [0, 0.05) is 0 Å². The van der Waals surface area contributed by atoms with Crippen LogP contribution in [0, 0.1) is 0 Å². The average Bonchev–Trinajstić information content (AvgIpc) is 3.12. The molecule has 0 amide bonds. The van der Waals surface area contributed by atoms with Crippen molar-refractivity contribution < 1.29 is 9.31 Å². The van der Waals surface area contributed by atoms with Gasteiger partial charge >= 0.3 is 7.12 Å². The van der Waals surface area contributed by atoms with E-state index < -0.39 is 0 Å². The highest BCUT2D eigenvalue weighted by molar-refractivity contribution is 6.62. The van der Waals surface area contributed by atoms with Crippen molar-refractivity contribution in [2.24, 2.45) is 0 Å². The number of benzene rings is 4. The number of hydrogen-bond donors (Lipinski definition) is 0. The Balaban J connectivity index is 1.56. The van der Waals surface area contributed by atoms with Crippen LogP contribution in [-0.4, -0.2) is 18.8 Å². The number of hydrogen-bond acceptors (Lipinski definition) is 2. The van der Waals surface area contributed by atoms with Crippen molar-refractivity contribution in [3.05, 3.63) is 103 Å². The molecule has 1 aliphatic heterocycles. The van der Waals surface area contributed by atoms with Gasteiger partial charge in [-0.05, 0) is 65.7 Å². The summed E-state index contributed by atoms with van der Waals surface area (Å²) in [5.74, 6) is 0. The zero-order valence-corrected chi connectivity index (χ0v) is 18.8. The third-order valence-corrected chi connectivity index (χ3v) is 6.38. The lowest BCUT2D eigenvalue weighted by Crippen LogP contribution is -2.35. The fraction of sp³-hybridized carbons (Fsp3) is 0.172. The maximum Gasteiger partial charge on any atom is 0.494 e. The van der Waals surface area contributed by atoms with Crippen molar-refractivity contribution in [2.45, 2.75) is 32.5 Å². The smallest absolute Gasteiger partial charge is 0.402 e. The quantitative estimate of drug-likeness (QED) is 0.348. The molecule has 0 saturated carbocycles. The lowest BCUT2D eigenvalue weighted by atomic mass is 9.76. The van der Waals surface area contributed by atoms with Gasteiger partial charge in [-0.3, -0.25) is 0 Å². The third-order valence-electron chi connectivity index (χ3n) is 6.38. The van der Waals surface area contributed by atoms with Gasteiger partial charge in [0.15, 0.2) is 0 Å². The molecule has 0 spiro atoms. The summed E-state index contributed by atoms with van der Waals surface area (Å²) < 4.78 is 12.5. The lowest BCUT2D eigenvalue weighted by molar-refractivity contribution is 0.0842. The minimum Gasteiger partial charge on any atom is -0.402 e. The molecule has 0 aliphatic carbocycles. The van der Waals surface area contributed by atoms with Gasteiger partial charge in [0.25, 0.3) is 0 Å². The molecular weight excluding hydrogens is 391 g/mol. The van der Waals surface area contributed by atoms with Gasteiger partial charge in [-0.25, -0.2) is 0 Å². The molecule has 1 fully saturated rings. The van der Waals surface area contributed by atoms with Gasteiger partial charge in [0.1, 0.15) is 0 Å². The Morgan fingerprint density at radius 1 is 0.594 bits per heavy atom. The zero-order valence-electron chi connectivity index (χ0n) is 18.8. The molecule has 0 aromatic heterocycles. The van der Waals surface area contributed by atoms with E-state index in [2.05, 4.69) is 112 Å². The van der Waals surface area contributed by atoms with Crippen LogP contribution in [0.25, 0.3) is 33.4 Å². The highest BCUT2D eigenvalue weighted by atomic mass is 16.7. The third kappa shape index (κ3) is 4.14. The largest absolute Gasteiger partial charge is 0.494 e. The first kappa shape index (κ1) is 20.8. The topological polar surface area (TPSA) is 18.5 Å².